The van der Waals surface area contributed by atoms with Crippen LogP contribution in [0.1, 0.15) is 19.3 Å². The molecule has 5 nitrogen and oxygen atoms in total. The van der Waals surface area contributed by atoms with Gasteiger partial charge in [0.1, 0.15) is 12.4 Å². The van der Waals surface area contributed by atoms with Crippen molar-refractivity contribution in [2.24, 2.45) is 0 Å². The second-order valence-corrected chi connectivity index (χ2v) is 4.86. The van der Waals surface area contributed by atoms with E-state index in [2.05, 4.69) is 0 Å². The van der Waals surface area contributed by atoms with Gasteiger partial charge in [0.05, 0.1) is 19.3 Å². The summed E-state index contributed by atoms with van der Waals surface area (Å²) in [5.74, 6) is 0.605. The third-order valence-corrected chi connectivity index (χ3v) is 3.23. The second-order valence-electron chi connectivity index (χ2n) is 4.86. The Morgan fingerprint density at radius 3 is 2.90 bits per heavy atom. The van der Waals surface area contributed by atoms with Crippen LogP contribution in [-0.2, 0) is 9.47 Å². The monoisotopic (exact) mass is 280 g/mol. The fourth-order valence-electron chi connectivity index (χ4n) is 2.14. The Balaban J connectivity index is 1.61. The molecule has 2 rings (SSSR count). The molecule has 20 heavy (non-hydrogen) atoms. The van der Waals surface area contributed by atoms with Crippen LogP contribution >= 0.6 is 0 Å². The predicted octanol–water partition coefficient (Wildman–Crippen LogP) is 0.331. The van der Waals surface area contributed by atoms with Crippen LogP contribution < -0.4 is 10.2 Å². The van der Waals surface area contributed by atoms with Crippen LogP contribution in [0, 0.1) is 0 Å². The van der Waals surface area contributed by atoms with Crippen molar-refractivity contribution >= 4 is 12.6 Å². The number of hydrogen-bond donors (Lipinski definition) is 2. The van der Waals surface area contributed by atoms with Gasteiger partial charge in [-0.2, -0.15) is 0 Å². The van der Waals surface area contributed by atoms with Gasteiger partial charge in [0.15, 0.2) is 0 Å². The largest absolute Gasteiger partial charge is 0.491 e. The maximum Gasteiger partial charge on any atom is 0.488 e. The van der Waals surface area contributed by atoms with E-state index in [0.717, 1.165) is 19.4 Å². The van der Waals surface area contributed by atoms with Gasteiger partial charge in [0, 0.05) is 6.61 Å². The molecule has 2 N–H and O–H groups in total. The lowest BCUT2D eigenvalue weighted by molar-refractivity contribution is -0.0444. The maximum atomic E-state index is 9.06. The lowest BCUT2D eigenvalue weighted by atomic mass is 9.80. The van der Waals surface area contributed by atoms with Crippen molar-refractivity contribution in [3.8, 4) is 5.75 Å². The summed E-state index contributed by atoms with van der Waals surface area (Å²) in [6, 6.07) is 6.74. The minimum atomic E-state index is -1.47. The van der Waals surface area contributed by atoms with Crippen LogP contribution in [0.25, 0.3) is 0 Å². The van der Waals surface area contributed by atoms with Gasteiger partial charge in [0.2, 0.25) is 0 Å². The van der Waals surface area contributed by atoms with E-state index < -0.39 is 7.12 Å². The lowest BCUT2D eigenvalue weighted by Gasteiger charge is -2.22. The zero-order valence-corrected chi connectivity index (χ0v) is 11.5. The molecule has 1 aromatic rings. The second kappa shape index (κ2) is 8.27. The van der Waals surface area contributed by atoms with E-state index in [1.54, 1.807) is 24.3 Å². The summed E-state index contributed by atoms with van der Waals surface area (Å²) in [4.78, 5) is 0. The third-order valence-electron chi connectivity index (χ3n) is 3.23. The Kier molecular flexibility index (Phi) is 6.33. The highest BCUT2D eigenvalue weighted by Crippen LogP contribution is 2.12. The Hall–Kier alpha value is -1.08. The quantitative estimate of drug-likeness (QED) is 0.556. The summed E-state index contributed by atoms with van der Waals surface area (Å²) in [5.41, 5.74) is 0.416. The van der Waals surface area contributed by atoms with Crippen molar-refractivity contribution in [2.45, 2.75) is 25.4 Å². The topological polar surface area (TPSA) is 68.2 Å². The standard InChI is InChI=1S/C14H21BO5/c16-15(17)12-4-3-6-13(10-12)20-9-8-18-11-14-5-1-2-7-19-14/h3-4,6,10,14,16-17H,1-2,5,7-9,11H2. The summed E-state index contributed by atoms with van der Waals surface area (Å²) >= 11 is 0. The molecule has 1 saturated heterocycles. The Morgan fingerprint density at radius 1 is 1.25 bits per heavy atom. The van der Waals surface area contributed by atoms with Crippen molar-refractivity contribution in [3.63, 3.8) is 0 Å². The molecule has 1 heterocycles. The molecule has 0 aliphatic carbocycles. The molecule has 0 saturated carbocycles. The summed E-state index contributed by atoms with van der Waals surface area (Å²) in [6.45, 7) is 2.36. The van der Waals surface area contributed by atoms with E-state index in [1.807, 2.05) is 0 Å². The Bertz CT molecular complexity index is 393. The molecule has 1 unspecified atom stereocenters. The van der Waals surface area contributed by atoms with Crippen LogP contribution in [0.15, 0.2) is 24.3 Å². The van der Waals surface area contributed by atoms with Gasteiger partial charge in [-0.3, -0.25) is 0 Å². The molecule has 1 aromatic carbocycles. The van der Waals surface area contributed by atoms with Gasteiger partial charge in [-0.15, -0.1) is 0 Å². The van der Waals surface area contributed by atoms with Gasteiger partial charge in [0.25, 0.3) is 0 Å². The van der Waals surface area contributed by atoms with Crippen LogP contribution in [-0.4, -0.2) is 49.7 Å². The van der Waals surface area contributed by atoms with Crippen molar-refractivity contribution in [1.82, 2.24) is 0 Å². The normalized spacial score (nSPS) is 18.8. The Morgan fingerprint density at radius 2 is 2.15 bits per heavy atom. The van der Waals surface area contributed by atoms with Crippen LogP contribution in [0.4, 0.5) is 0 Å². The fraction of sp³-hybridized carbons (Fsp3) is 0.571. The van der Waals surface area contributed by atoms with Gasteiger partial charge >= 0.3 is 7.12 Å². The van der Waals surface area contributed by atoms with Crippen LogP contribution in [0.3, 0.4) is 0 Å². The van der Waals surface area contributed by atoms with E-state index in [0.29, 0.717) is 31.0 Å². The first kappa shape index (κ1) is 15.3. The number of ether oxygens (including phenoxy) is 3. The number of benzene rings is 1. The van der Waals surface area contributed by atoms with Crippen molar-refractivity contribution in [3.05, 3.63) is 24.3 Å². The lowest BCUT2D eigenvalue weighted by Crippen LogP contribution is -2.29. The summed E-state index contributed by atoms with van der Waals surface area (Å²) < 4.78 is 16.6. The molecular weight excluding hydrogens is 259 g/mol. The summed E-state index contributed by atoms with van der Waals surface area (Å²) in [6.07, 6.45) is 3.64. The van der Waals surface area contributed by atoms with Crippen molar-refractivity contribution in [1.29, 1.82) is 0 Å². The smallest absolute Gasteiger partial charge is 0.488 e. The molecule has 1 aliphatic rings. The zero-order valence-electron chi connectivity index (χ0n) is 11.5. The van der Waals surface area contributed by atoms with E-state index in [4.69, 9.17) is 24.3 Å². The molecule has 110 valence electrons. The highest BCUT2D eigenvalue weighted by molar-refractivity contribution is 6.58. The maximum absolute atomic E-state index is 9.06. The zero-order chi connectivity index (χ0) is 14.2. The van der Waals surface area contributed by atoms with Gasteiger partial charge in [-0.1, -0.05) is 12.1 Å². The van der Waals surface area contributed by atoms with E-state index >= 15 is 0 Å². The Labute approximate surface area is 119 Å². The molecule has 0 spiro atoms. The third kappa shape index (κ3) is 5.13. The fourth-order valence-corrected chi connectivity index (χ4v) is 2.14. The highest BCUT2D eigenvalue weighted by Gasteiger charge is 2.13. The minimum absolute atomic E-state index is 0.219. The highest BCUT2D eigenvalue weighted by atomic mass is 16.5. The molecule has 0 radical (unpaired) electrons. The molecule has 0 aromatic heterocycles. The van der Waals surface area contributed by atoms with Gasteiger partial charge < -0.3 is 24.3 Å². The van der Waals surface area contributed by atoms with Crippen molar-refractivity contribution in [2.75, 3.05) is 26.4 Å². The minimum Gasteiger partial charge on any atom is -0.491 e. The SMILES string of the molecule is OB(O)c1cccc(OCCOCC2CCCCO2)c1. The van der Waals surface area contributed by atoms with Gasteiger partial charge in [-0.05, 0) is 36.9 Å². The van der Waals surface area contributed by atoms with Gasteiger partial charge in [-0.25, -0.2) is 0 Å². The summed E-state index contributed by atoms with van der Waals surface area (Å²) in [7, 11) is -1.47. The molecule has 0 amide bonds. The molecule has 0 bridgehead atoms. The van der Waals surface area contributed by atoms with Crippen LogP contribution in [0.5, 0.6) is 5.75 Å². The molecular formula is C14H21BO5. The van der Waals surface area contributed by atoms with E-state index in [1.165, 1.54) is 6.42 Å². The first-order valence-corrected chi connectivity index (χ1v) is 7.04. The van der Waals surface area contributed by atoms with E-state index in [-0.39, 0.29) is 6.10 Å². The molecule has 1 atom stereocenters. The first-order valence-electron chi connectivity index (χ1n) is 7.04. The first-order chi connectivity index (χ1) is 9.75. The van der Waals surface area contributed by atoms with Crippen molar-refractivity contribution < 1.29 is 24.3 Å². The average molecular weight is 280 g/mol. The number of rotatable bonds is 7. The molecule has 6 heteroatoms. The van der Waals surface area contributed by atoms with Crippen LogP contribution in [0.2, 0.25) is 0 Å². The van der Waals surface area contributed by atoms with E-state index in [9.17, 15) is 0 Å². The predicted molar refractivity (Wildman–Crippen MR) is 76.2 cm³/mol. The average Bonchev–Trinajstić information content (AvgIpc) is 2.48. The summed E-state index contributed by atoms with van der Waals surface area (Å²) in [5, 5.41) is 18.1. The molecule has 1 fully saturated rings. The molecule has 1 aliphatic heterocycles. The number of hydrogen-bond acceptors (Lipinski definition) is 5.